The fraction of sp³-hybridized carbons (Fsp3) is 0.909. The Labute approximate surface area is 231 Å². The summed E-state index contributed by atoms with van der Waals surface area (Å²) >= 11 is 0. The van der Waals surface area contributed by atoms with Crippen molar-refractivity contribution in [1.29, 1.82) is 0 Å². The van der Waals surface area contributed by atoms with Crippen LogP contribution in [-0.4, -0.2) is 19.1 Å². The summed E-state index contributed by atoms with van der Waals surface area (Å²) in [5.74, 6) is 3.61. The summed E-state index contributed by atoms with van der Waals surface area (Å²) in [6.07, 6.45) is 12.6. The maximum absolute atomic E-state index is 12.0. The summed E-state index contributed by atoms with van der Waals surface area (Å²) in [5, 5.41) is 3.92. The van der Waals surface area contributed by atoms with E-state index in [4.69, 9.17) is 10.3 Å². The molecule has 0 aromatic carbocycles. The van der Waals surface area contributed by atoms with Crippen LogP contribution >= 0.6 is 0 Å². The zero-order valence-corrected chi connectivity index (χ0v) is 25.3. The van der Waals surface area contributed by atoms with E-state index in [1.807, 2.05) is 0 Å². The lowest BCUT2D eigenvalue weighted by Crippen LogP contribution is -2.66. The molecule has 5 heteroatoms. The smallest absolute Gasteiger partial charge is 0.302 e. The number of hydrogen-bond donors (Lipinski definition) is 0. The van der Waals surface area contributed by atoms with Gasteiger partial charge in [0.15, 0.2) is 0 Å². The van der Waals surface area contributed by atoms with Crippen LogP contribution in [0, 0.1) is 62.6 Å². The van der Waals surface area contributed by atoms with Crippen molar-refractivity contribution >= 4 is 5.97 Å². The Morgan fingerprint density at radius 3 is 2.37 bits per heavy atom. The fourth-order valence-electron chi connectivity index (χ4n) is 12.1. The van der Waals surface area contributed by atoms with Crippen LogP contribution in [0.25, 0.3) is 10.4 Å². The zero-order chi connectivity index (χ0) is 27.7. The Hall–Kier alpha value is -1.48. The minimum atomic E-state index is -0.168. The highest BCUT2D eigenvalue weighted by molar-refractivity contribution is 5.65. The van der Waals surface area contributed by atoms with Gasteiger partial charge in [-0.15, -0.1) is 0 Å². The molecule has 0 spiro atoms. The molecule has 38 heavy (non-hydrogen) atoms. The first-order valence-corrected chi connectivity index (χ1v) is 15.6. The SMILES string of the molecule is C=C(CN=[N+]=[N-])[C@@H]1CC[C@]2(COC(C)=O)CC[C@]3(C)C(CCC4[C@@]5(C)CC[C@H](C)C(C)(C)[C@@H]5CC[C@]43C)[C@@H]12. The number of rotatable bonds is 5. The van der Waals surface area contributed by atoms with Crippen molar-refractivity contribution < 1.29 is 9.53 Å². The molecule has 0 N–H and O–H groups in total. The van der Waals surface area contributed by atoms with Crippen molar-refractivity contribution in [3.63, 3.8) is 0 Å². The predicted octanol–water partition coefficient (Wildman–Crippen LogP) is 9.13. The normalized spacial score (nSPS) is 48.9. The van der Waals surface area contributed by atoms with Crippen LogP contribution in [0.3, 0.4) is 0 Å². The number of nitrogens with zero attached hydrogens (tertiary/aromatic N) is 3. The Kier molecular flexibility index (Phi) is 6.86. The van der Waals surface area contributed by atoms with E-state index in [2.05, 4.69) is 58.1 Å². The Morgan fingerprint density at radius 2 is 1.68 bits per heavy atom. The molecule has 0 aromatic rings. The van der Waals surface area contributed by atoms with Crippen molar-refractivity contribution in [2.45, 2.75) is 113 Å². The Balaban J connectivity index is 1.53. The first-order valence-electron chi connectivity index (χ1n) is 15.6. The van der Waals surface area contributed by atoms with Crippen molar-refractivity contribution in [3.05, 3.63) is 22.6 Å². The van der Waals surface area contributed by atoms with Crippen molar-refractivity contribution in [2.75, 3.05) is 13.2 Å². The molecule has 5 aliphatic carbocycles. The molecule has 5 saturated carbocycles. The van der Waals surface area contributed by atoms with E-state index in [-0.39, 0.29) is 16.8 Å². The number of carbonyl (C=O) groups excluding carboxylic acids is 1. The third-order valence-electron chi connectivity index (χ3n) is 14.6. The third-order valence-corrected chi connectivity index (χ3v) is 14.6. The maximum Gasteiger partial charge on any atom is 0.302 e. The van der Waals surface area contributed by atoms with E-state index in [9.17, 15) is 4.79 Å². The molecular weight excluding hydrogens is 470 g/mol. The lowest BCUT2D eigenvalue weighted by molar-refractivity contribution is -0.244. The Bertz CT molecular complexity index is 1030. The molecule has 0 aliphatic heterocycles. The van der Waals surface area contributed by atoms with Gasteiger partial charge in [0.1, 0.15) is 0 Å². The van der Waals surface area contributed by atoms with Gasteiger partial charge in [0, 0.05) is 23.8 Å². The summed E-state index contributed by atoms with van der Waals surface area (Å²) < 4.78 is 5.81. The molecule has 5 fully saturated rings. The minimum Gasteiger partial charge on any atom is -0.465 e. The molecule has 0 aromatic heterocycles. The van der Waals surface area contributed by atoms with Crippen molar-refractivity contribution in [1.82, 2.24) is 0 Å². The molecule has 0 radical (unpaired) electrons. The maximum atomic E-state index is 12.0. The molecule has 0 saturated heterocycles. The molecular formula is C33H53N3O2. The molecule has 2 unspecified atom stereocenters. The summed E-state index contributed by atoms with van der Waals surface area (Å²) in [6.45, 7) is 22.6. The molecule has 0 heterocycles. The number of esters is 1. The van der Waals surface area contributed by atoms with Crippen LogP contribution in [0.15, 0.2) is 17.3 Å². The van der Waals surface area contributed by atoms with Gasteiger partial charge in [-0.2, -0.15) is 0 Å². The van der Waals surface area contributed by atoms with Crippen LogP contribution in [0.4, 0.5) is 0 Å². The summed E-state index contributed by atoms with van der Waals surface area (Å²) in [5.41, 5.74) is 11.6. The number of ether oxygens (including phenoxy) is 1. The van der Waals surface area contributed by atoms with Gasteiger partial charge in [0.2, 0.25) is 0 Å². The first-order chi connectivity index (χ1) is 17.8. The van der Waals surface area contributed by atoms with Gasteiger partial charge in [0.05, 0.1) is 6.61 Å². The van der Waals surface area contributed by atoms with Gasteiger partial charge in [-0.05, 0) is 127 Å². The van der Waals surface area contributed by atoms with Crippen LogP contribution in [0.5, 0.6) is 0 Å². The summed E-state index contributed by atoms with van der Waals surface area (Å²) in [4.78, 5) is 15.0. The molecule has 5 aliphatic rings. The average molecular weight is 524 g/mol. The van der Waals surface area contributed by atoms with Gasteiger partial charge in [-0.3, -0.25) is 4.79 Å². The quantitative estimate of drug-likeness (QED) is 0.118. The summed E-state index contributed by atoms with van der Waals surface area (Å²) in [6, 6.07) is 0. The van der Waals surface area contributed by atoms with Crippen LogP contribution in [0.1, 0.15) is 113 Å². The highest BCUT2D eigenvalue weighted by Crippen LogP contribution is 2.77. The lowest BCUT2D eigenvalue weighted by atomic mass is 9.32. The predicted molar refractivity (Wildman–Crippen MR) is 153 cm³/mol. The van der Waals surface area contributed by atoms with Crippen LogP contribution < -0.4 is 0 Å². The Morgan fingerprint density at radius 1 is 0.947 bits per heavy atom. The average Bonchev–Trinajstić information content (AvgIpc) is 3.24. The molecule has 0 amide bonds. The second kappa shape index (κ2) is 9.28. The van der Waals surface area contributed by atoms with Gasteiger partial charge in [-0.25, -0.2) is 0 Å². The van der Waals surface area contributed by atoms with E-state index in [1.54, 1.807) is 6.92 Å². The zero-order valence-electron chi connectivity index (χ0n) is 25.3. The topological polar surface area (TPSA) is 75.1 Å². The fourth-order valence-corrected chi connectivity index (χ4v) is 12.1. The highest BCUT2D eigenvalue weighted by atomic mass is 16.5. The van der Waals surface area contributed by atoms with Gasteiger partial charge in [0.25, 0.3) is 0 Å². The summed E-state index contributed by atoms with van der Waals surface area (Å²) in [7, 11) is 0. The van der Waals surface area contributed by atoms with E-state index in [1.165, 1.54) is 44.9 Å². The number of fused-ring (bicyclic) bond motifs is 7. The molecule has 5 nitrogen and oxygen atoms in total. The number of carbonyl (C=O) groups is 1. The molecule has 0 bridgehead atoms. The highest BCUT2D eigenvalue weighted by Gasteiger charge is 2.70. The molecule has 212 valence electrons. The van der Waals surface area contributed by atoms with Gasteiger partial charge < -0.3 is 4.74 Å². The van der Waals surface area contributed by atoms with Gasteiger partial charge in [-0.1, -0.05) is 58.8 Å². The lowest BCUT2D eigenvalue weighted by Gasteiger charge is -2.73. The van der Waals surface area contributed by atoms with Crippen molar-refractivity contribution in [2.24, 2.45) is 67.7 Å². The second-order valence-corrected chi connectivity index (χ2v) is 15.8. The van der Waals surface area contributed by atoms with Gasteiger partial charge >= 0.3 is 5.97 Å². The first kappa shape index (κ1) is 28.1. The monoisotopic (exact) mass is 523 g/mol. The van der Waals surface area contributed by atoms with Crippen LogP contribution in [0.2, 0.25) is 0 Å². The van der Waals surface area contributed by atoms with E-state index in [0.717, 1.165) is 42.6 Å². The van der Waals surface area contributed by atoms with Crippen molar-refractivity contribution in [3.8, 4) is 0 Å². The number of azide groups is 1. The second-order valence-electron chi connectivity index (χ2n) is 15.8. The molecule has 10 atom stereocenters. The van der Waals surface area contributed by atoms with E-state index >= 15 is 0 Å². The number of hydrogen-bond acceptors (Lipinski definition) is 3. The van der Waals surface area contributed by atoms with E-state index < -0.39 is 0 Å². The third kappa shape index (κ3) is 3.76. The van der Waals surface area contributed by atoms with Crippen LogP contribution in [-0.2, 0) is 9.53 Å². The minimum absolute atomic E-state index is 0.0341. The molecule has 5 rings (SSSR count). The largest absolute Gasteiger partial charge is 0.465 e. The van der Waals surface area contributed by atoms with E-state index in [0.29, 0.717) is 47.2 Å². The standard InChI is InChI=1S/C33H53N3O2/c1-21(19-35-36-34)24-12-16-33(20-38-23(3)37)18-17-31(7)25(28(24)33)9-10-27-30(6)14-11-22(2)29(4,5)26(30)13-15-32(27,31)8/h22,24-28H,1,9-20H2,2-8H3/t22-,24-,25?,26-,27?,28+,30-,31+,32+,33+/m0/s1.